The minimum Gasteiger partial charge on any atom is -0.339 e. The summed E-state index contributed by atoms with van der Waals surface area (Å²) in [4.78, 5) is 12.2. The van der Waals surface area contributed by atoms with Gasteiger partial charge in [-0.1, -0.05) is 12.1 Å². The van der Waals surface area contributed by atoms with Gasteiger partial charge in [0.15, 0.2) is 11.5 Å². The molecule has 0 aliphatic rings. The number of halogens is 3. The Balaban J connectivity index is 1.69. The van der Waals surface area contributed by atoms with E-state index in [0.717, 1.165) is 12.1 Å². The first-order valence-corrected chi connectivity index (χ1v) is 7.95. The minimum atomic E-state index is -4.45. The molecule has 0 fully saturated rings. The highest BCUT2D eigenvalue weighted by Gasteiger charge is 2.30. The van der Waals surface area contributed by atoms with Gasteiger partial charge in [0.25, 0.3) is 5.91 Å². The average Bonchev–Trinajstić information content (AvgIpc) is 2.68. The van der Waals surface area contributed by atoms with Gasteiger partial charge in [-0.3, -0.25) is 4.79 Å². The number of benzene rings is 2. The van der Waals surface area contributed by atoms with Gasteiger partial charge in [0.05, 0.1) is 17.2 Å². The third kappa shape index (κ3) is 4.62. The van der Waals surface area contributed by atoms with E-state index in [1.54, 1.807) is 18.2 Å². The fraction of sp³-hybridized carbons (Fsp3) is 0.0526. The molecule has 0 bridgehead atoms. The first-order chi connectivity index (χ1) is 13.3. The van der Waals surface area contributed by atoms with Crippen LogP contribution < -0.4 is 10.6 Å². The lowest BCUT2D eigenvalue weighted by atomic mass is 10.2. The Morgan fingerprint density at radius 2 is 1.71 bits per heavy atom. The zero-order chi connectivity index (χ0) is 20.1. The maximum Gasteiger partial charge on any atom is 0.416 e. The second kappa shape index (κ2) is 7.75. The molecule has 2 N–H and O–H groups in total. The molecule has 0 radical (unpaired) electrons. The van der Waals surface area contributed by atoms with Crippen molar-refractivity contribution < 1.29 is 18.0 Å². The molecule has 0 unspecified atom stereocenters. The quantitative estimate of drug-likeness (QED) is 0.698. The Kier molecular flexibility index (Phi) is 5.22. The molecule has 0 atom stereocenters. The van der Waals surface area contributed by atoms with E-state index in [2.05, 4.69) is 20.8 Å². The molecular weight excluding hydrogens is 371 g/mol. The third-order valence-corrected chi connectivity index (χ3v) is 3.61. The van der Waals surface area contributed by atoms with Gasteiger partial charge in [-0.05, 0) is 48.5 Å². The summed E-state index contributed by atoms with van der Waals surface area (Å²) in [6, 6.07) is 15.8. The molecule has 6 nitrogen and oxygen atoms in total. The van der Waals surface area contributed by atoms with Crippen LogP contribution in [0, 0.1) is 11.3 Å². The van der Waals surface area contributed by atoms with E-state index in [0.29, 0.717) is 11.3 Å². The summed E-state index contributed by atoms with van der Waals surface area (Å²) in [5.41, 5.74) is 0.231. The zero-order valence-electron chi connectivity index (χ0n) is 14.2. The van der Waals surface area contributed by atoms with Gasteiger partial charge >= 0.3 is 6.18 Å². The highest BCUT2D eigenvalue weighted by molar-refractivity contribution is 6.02. The summed E-state index contributed by atoms with van der Waals surface area (Å²) in [5, 5.41) is 21.7. The Morgan fingerprint density at radius 1 is 0.964 bits per heavy atom. The Bertz CT molecular complexity index is 1040. The molecule has 3 rings (SSSR count). The number of carbonyl (C=O) groups excluding carboxylic acids is 1. The molecule has 28 heavy (non-hydrogen) atoms. The molecule has 1 aromatic heterocycles. The molecule has 0 aliphatic heterocycles. The maximum atomic E-state index is 12.8. The van der Waals surface area contributed by atoms with E-state index in [1.165, 1.54) is 30.3 Å². The second-order valence-electron chi connectivity index (χ2n) is 5.65. The van der Waals surface area contributed by atoms with Crippen LogP contribution in [0.4, 0.5) is 30.4 Å². The smallest absolute Gasteiger partial charge is 0.339 e. The van der Waals surface area contributed by atoms with E-state index in [1.807, 2.05) is 6.07 Å². The number of nitriles is 1. The van der Waals surface area contributed by atoms with Crippen molar-refractivity contribution in [3.63, 3.8) is 0 Å². The molecule has 9 heteroatoms. The molecular formula is C19H12F3N5O. The van der Waals surface area contributed by atoms with Crippen LogP contribution in [0.2, 0.25) is 0 Å². The Morgan fingerprint density at radius 3 is 2.39 bits per heavy atom. The number of carbonyl (C=O) groups is 1. The van der Waals surface area contributed by atoms with Gasteiger partial charge in [-0.2, -0.15) is 18.4 Å². The fourth-order valence-corrected chi connectivity index (χ4v) is 2.30. The second-order valence-corrected chi connectivity index (χ2v) is 5.65. The van der Waals surface area contributed by atoms with Crippen molar-refractivity contribution in [1.82, 2.24) is 10.2 Å². The van der Waals surface area contributed by atoms with Crippen molar-refractivity contribution in [3.05, 3.63) is 77.5 Å². The van der Waals surface area contributed by atoms with Crippen LogP contribution in [0.5, 0.6) is 0 Å². The summed E-state index contributed by atoms with van der Waals surface area (Å²) in [7, 11) is 0. The van der Waals surface area contributed by atoms with Crippen LogP contribution in [-0.4, -0.2) is 16.1 Å². The molecule has 1 heterocycles. The van der Waals surface area contributed by atoms with Crippen LogP contribution in [0.15, 0.2) is 60.7 Å². The van der Waals surface area contributed by atoms with Crippen LogP contribution in [0.25, 0.3) is 0 Å². The summed E-state index contributed by atoms with van der Waals surface area (Å²) >= 11 is 0. The van der Waals surface area contributed by atoms with Gasteiger partial charge in [0, 0.05) is 11.4 Å². The van der Waals surface area contributed by atoms with Crippen molar-refractivity contribution in [2.24, 2.45) is 0 Å². The lowest BCUT2D eigenvalue weighted by molar-refractivity contribution is -0.137. The first kappa shape index (κ1) is 18.8. The molecule has 140 valence electrons. The third-order valence-electron chi connectivity index (χ3n) is 3.61. The largest absolute Gasteiger partial charge is 0.416 e. The van der Waals surface area contributed by atoms with Crippen LogP contribution >= 0.6 is 0 Å². The predicted octanol–water partition coefficient (Wildman–Crippen LogP) is 4.36. The molecule has 0 aliphatic carbocycles. The van der Waals surface area contributed by atoms with Crippen LogP contribution in [0.1, 0.15) is 21.6 Å². The van der Waals surface area contributed by atoms with E-state index >= 15 is 0 Å². The van der Waals surface area contributed by atoms with Gasteiger partial charge in [-0.15, -0.1) is 10.2 Å². The average molecular weight is 383 g/mol. The van der Waals surface area contributed by atoms with Gasteiger partial charge < -0.3 is 10.6 Å². The van der Waals surface area contributed by atoms with Crippen molar-refractivity contribution in [1.29, 1.82) is 5.26 Å². The first-order valence-electron chi connectivity index (χ1n) is 7.95. The number of hydrogen-bond acceptors (Lipinski definition) is 5. The maximum absolute atomic E-state index is 12.8. The number of nitrogens with zero attached hydrogens (tertiary/aromatic N) is 3. The number of alkyl halides is 3. The van der Waals surface area contributed by atoms with Crippen molar-refractivity contribution in [2.75, 3.05) is 10.6 Å². The lowest BCUT2D eigenvalue weighted by Crippen LogP contribution is -2.14. The standard InChI is InChI=1S/C19H12F3N5O/c20-19(21,22)13-4-2-6-15(10-13)24-17-8-7-16(26-27-17)18(28)25-14-5-1-3-12(9-14)11-23/h1-10H,(H,24,27)(H,25,28). The van der Waals surface area contributed by atoms with E-state index < -0.39 is 17.6 Å². The number of rotatable bonds is 4. The normalized spacial score (nSPS) is 10.8. The molecule has 3 aromatic rings. The highest BCUT2D eigenvalue weighted by Crippen LogP contribution is 2.31. The lowest BCUT2D eigenvalue weighted by Gasteiger charge is -2.10. The summed E-state index contributed by atoms with van der Waals surface area (Å²) < 4.78 is 38.3. The van der Waals surface area contributed by atoms with E-state index in [-0.39, 0.29) is 17.2 Å². The number of anilines is 3. The van der Waals surface area contributed by atoms with Crippen molar-refractivity contribution >= 4 is 23.1 Å². The van der Waals surface area contributed by atoms with Crippen LogP contribution in [0.3, 0.4) is 0 Å². The highest BCUT2D eigenvalue weighted by atomic mass is 19.4. The summed E-state index contributed by atoms with van der Waals surface area (Å²) in [6.45, 7) is 0. The number of aromatic nitrogens is 2. The van der Waals surface area contributed by atoms with Gasteiger partial charge in [-0.25, -0.2) is 0 Å². The zero-order valence-corrected chi connectivity index (χ0v) is 14.2. The van der Waals surface area contributed by atoms with Gasteiger partial charge in [0.1, 0.15) is 0 Å². The van der Waals surface area contributed by atoms with Crippen LogP contribution in [-0.2, 0) is 6.18 Å². The number of hydrogen-bond donors (Lipinski definition) is 2. The number of nitrogens with one attached hydrogen (secondary N) is 2. The minimum absolute atomic E-state index is 0.0111. The fourth-order valence-electron chi connectivity index (χ4n) is 2.30. The molecule has 1 amide bonds. The van der Waals surface area contributed by atoms with Gasteiger partial charge in [0.2, 0.25) is 0 Å². The topological polar surface area (TPSA) is 90.7 Å². The Hall–Kier alpha value is -3.93. The van der Waals surface area contributed by atoms with Crippen molar-refractivity contribution in [2.45, 2.75) is 6.18 Å². The Labute approximate surface area is 157 Å². The summed E-state index contributed by atoms with van der Waals surface area (Å²) in [5.74, 6) is -0.351. The molecule has 0 saturated carbocycles. The van der Waals surface area contributed by atoms with E-state index in [9.17, 15) is 18.0 Å². The molecule has 0 spiro atoms. The monoisotopic (exact) mass is 383 g/mol. The molecule has 0 saturated heterocycles. The van der Waals surface area contributed by atoms with E-state index in [4.69, 9.17) is 5.26 Å². The number of amides is 1. The SMILES string of the molecule is N#Cc1cccc(NC(=O)c2ccc(Nc3cccc(C(F)(F)F)c3)nn2)c1. The molecule has 2 aromatic carbocycles. The van der Waals surface area contributed by atoms with Crippen molar-refractivity contribution in [3.8, 4) is 6.07 Å². The summed E-state index contributed by atoms with van der Waals surface area (Å²) in [6.07, 6.45) is -4.45. The predicted molar refractivity (Wildman–Crippen MR) is 95.9 cm³/mol.